The second-order valence-corrected chi connectivity index (χ2v) is 4.85. The largest absolute Gasteiger partial charge is 0.494 e. The van der Waals surface area contributed by atoms with E-state index in [1.807, 2.05) is 24.3 Å². The van der Waals surface area contributed by atoms with Crippen LogP contribution in [0.4, 0.5) is 4.79 Å². The normalized spacial score (nSPS) is 18.6. The molecule has 20 heavy (non-hydrogen) atoms. The van der Waals surface area contributed by atoms with Crippen molar-refractivity contribution in [2.45, 2.75) is 33.0 Å². The molecule has 2 amide bonds. The molecule has 1 aliphatic rings. The molecule has 2 rings (SSSR count). The minimum absolute atomic E-state index is 0.297. The SMILES string of the molecule is CCCOc1ccc(CN2C=C(C)C(O)NC2=O)cc1. The van der Waals surface area contributed by atoms with Gasteiger partial charge in [-0.2, -0.15) is 0 Å². The predicted molar refractivity (Wildman–Crippen MR) is 76.1 cm³/mol. The van der Waals surface area contributed by atoms with E-state index in [4.69, 9.17) is 4.74 Å². The van der Waals surface area contributed by atoms with Gasteiger partial charge in [0.1, 0.15) is 5.75 Å². The maximum atomic E-state index is 11.7. The highest BCUT2D eigenvalue weighted by Crippen LogP contribution is 2.16. The van der Waals surface area contributed by atoms with Crippen molar-refractivity contribution in [1.82, 2.24) is 10.2 Å². The van der Waals surface area contributed by atoms with Gasteiger partial charge in [-0.05, 0) is 36.6 Å². The summed E-state index contributed by atoms with van der Waals surface area (Å²) in [4.78, 5) is 13.3. The fourth-order valence-electron chi connectivity index (χ4n) is 1.91. The van der Waals surface area contributed by atoms with Gasteiger partial charge in [0.05, 0.1) is 13.2 Å². The first-order valence-electron chi connectivity index (χ1n) is 6.75. The number of nitrogens with zero attached hydrogens (tertiary/aromatic N) is 1. The Morgan fingerprint density at radius 2 is 2.05 bits per heavy atom. The van der Waals surface area contributed by atoms with Crippen LogP contribution in [0.2, 0.25) is 0 Å². The van der Waals surface area contributed by atoms with Crippen molar-refractivity contribution in [2.75, 3.05) is 6.61 Å². The molecule has 1 aromatic rings. The van der Waals surface area contributed by atoms with Crippen LogP contribution in [0.15, 0.2) is 36.0 Å². The minimum Gasteiger partial charge on any atom is -0.494 e. The van der Waals surface area contributed by atoms with E-state index in [2.05, 4.69) is 12.2 Å². The van der Waals surface area contributed by atoms with Crippen LogP contribution >= 0.6 is 0 Å². The lowest BCUT2D eigenvalue weighted by molar-refractivity contribution is 0.142. The van der Waals surface area contributed by atoms with E-state index >= 15 is 0 Å². The van der Waals surface area contributed by atoms with Gasteiger partial charge in [-0.15, -0.1) is 0 Å². The minimum atomic E-state index is -0.886. The van der Waals surface area contributed by atoms with Gasteiger partial charge < -0.3 is 15.2 Å². The van der Waals surface area contributed by atoms with Crippen LogP contribution in [0, 0.1) is 0 Å². The lowest BCUT2D eigenvalue weighted by Gasteiger charge is -2.28. The lowest BCUT2D eigenvalue weighted by atomic mass is 10.2. The topological polar surface area (TPSA) is 61.8 Å². The molecule has 108 valence electrons. The predicted octanol–water partition coefficient (Wildman–Crippen LogP) is 2.22. The van der Waals surface area contributed by atoms with E-state index < -0.39 is 6.23 Å². The van der Waals surface area contributed by atoms with Gasteiger partial charge in [-0.1, -0.05) is 19.1 Å². The molecule has 0 bridgehead atoms. The molecule has 0 spiro atoms. The summed E-state index contributed by atoms with van der Waals surface area (Å²) in [5.74, 6) is 0.834. The molecule has 5 nitrogen and oxygen atoms in total. The number of carbonyl (C=O) groups is 1. The van der Waals surface area contributed by atoms with Crippen LogP contribution in [0.25, 0.3) is 0 Å². The molecular weight excluding hydrogens is 256 g/mol. The fraction of sp³-hybridized carbons (Fsp3) is 0.400. The van der Waals surface area contributed by atoms with Gasteiger partial charge in [0.15, 0.2) is 6.23 Å². The van der Waals surface area contributed by atoms with E-state index in [9.17, 15) is 9.90 Å². The molecule has 0 aliphatic carbocycles. The van der Waals surface area contributed by atoms with Crippen molar-refractivity contribution in [3.63, 3.8) is 0 Å². The average molecular weight is 276 g/mol. The quantitative estimate of drug-likeness (QED) is 0.867. The molecule has 1 aromatic carbocycles. The van der Waals surface area contributed by atoms with E-state index in [0.717, 1.165) is 17.7 Å². The zero-order chi connectivity index (χ0) is 14.5. The zero-order valence-corrected chi connectivity index (χ0v) is 11.8. The Morgan fingerprint density at radius 3 is 2.70 bits per heavy atom. The summed E-state index contributed by atoms with van der Waals surface area (Å²) in [6.45, 7) is 5.00. The standard InChI is InChI=1S/C15H20N2O3/c1-3-8-20-13-6-4-12(5-7-13)10-17-9-11(2)14(18)16-15(17)19/h4-7,9,14,18H,3,8,10H2,1-2H3,(H,16,19). The van der Waals surface area contributed by atoms with Crippen LogP contribution < -0.4 is 10.1 Å². The molecule has 0 saturated heterocycles. The fourth-order valence-corrected chi connectivity index (χ4v) is 1.91. The highest BCUT2D eigenvalue weighted by molar-refractivity contribution is 5.77. The van der Waals surface area contributed by atoms with Gasteiger partial charge in [-0.25, -0.2) is 4.79 Å². The summed E-state index contributed by atoms with van der Waals surface area (Å²) >= 11 is 0. The number of carbonyl (C=O) groups excluding carboxylic acids is 1. The Bertz CT molecular complexity index is 496. The molecule has 0 aromatic heterocycles. The molecule has 1 heterocycles. The number of rotatable bonds is 5. The molecule has 2 N–H and O–H groups in total. The number of nitrogens with one attached hydrogen (secondary N) is 1. The summed E-state index contributed by atoms with van der Waals surface area (Å²) in [5.41, 5.74) is 1.72. The van der Waals surface area contributed by atoms with Crippen LogP contribution in [0.5, 0.6) is 5.75 Å². The molecule has 5 heteroatoms. The number of amides is 2. The number of aliphatic hydroxyl groups is 1. The van der Waals surface area contributed by atoms with Crippen molar-refractivity contribution in [3.8, 4) is 5.75 Å². The molecular formula is C15H20N2O3. The van der Waals surface area contributed by atoms with E-state index in [1.54, 1.807) is 18.0 Å². The Kier molecular flexibility index (Phi) is 4.63. The van der Waals surface area contributed by atoms with Crippen molar-refractivity contribution >= 4 is 6.03 Å². The number of aliphatic hydroxyl groups excluding tert-OH is 1. The Labute approximate surface area is 118 Å². The van der Waals surface area contributed by atoms with Gasteiger partial charge in [0, 0.05) is 6.20 Å². The van der Waals surface area contributed by atoms with Crippen molar-refractivity contribution < 1.29 is 14.6 Å². The maximum Gasteiger partial charge on any atom is 0.323 e. The number of hydrogen-bond acceptors (Lipinski definition) is 3. The average Bonchev–Trinajstić information content (AvgIpc) is 2.44. The number of hydrogen-bond donors (Lipinski definition) is 2. The molecule has 0 radical (unpaired) electrons. The van der Waals surface area contributed by atoms with Crippen LogP contribution in [0.3, 0.4) is 0 Å². The van der Waals surface area contributed by atoms with Crippen molar-refractivity contribution in [1.29, 1.82) is 0 Å². The lowest BCUT2D eigenvalue weighted by Crippen LogP contribution is -2.47. The first-order valence-corrected chi connectivity index (χ1v) is 6.75. The maximum absolute atomic E-state index is 11.7. The zero-order valence-electron chi connectivity index (χ0n) is 11.8. The van der Waals surface area contributed by atoms with Gasteiger partial charge in [-0.3, -0.25) is 4.90 Å². The number of benzene rings is 1. The number of ether oxygens (including phenoxy) is 1. The second-order valence-electron chi connectivity index (χ2n) is 4.85. The van der Waals surface area contributed by atoms with Gasteiger partial charge >= 0.3 is 6.03 Å². The first-order chi connectivity index (χ1) is 9.60. The summed E-state index contributed by atoms with van der Waals surface area (Å²) in [5, 5.41) is 12.0. The summed E-state index contributed by atoms with van der Waals surface area (Å²) in [6, 6.07) is 7.38. The third-order valence-corrected chi connectivity index (χ3v) is 3.06. The van der Waals surface area contributed by atoms with E-state index in [-0.39, 0.29) is 6.03 Å². The highest BCUT2D eigenvalue weighted by Gasteiger charge is 2.22. The van der Waals surface area contributed by atoms with E-state index in [1.165, 1.54) is 0 Å². The first kappa shape index (κ1) is 14.4. The molecule has 0 saturated carbocycles. The highest BCUT2D eigenvalue weighted by atomic mass is 16.5. The van der Waals surface area contributed by atoms with Gasteiger partial charge in [0.25, 0.3) is 0 Å². The Morgan fingerprint density at radius 1 is 1.35 bits per heavy atom. The molecule has 1 aliphatic heterocycles. The van der Waals surface area contributed by atoms with E-state index in [0.29, 0.717) is 18.7 Å². The third kappa shape index (κ3) is 3.51. The van der Waals surface area contributed by atoms with Crippen LogP contribution in [-0.2, 0) is 6.54 Å². The van der Waals surface area contributed by atoms with Crippen molar-refractivity contribution in [2.24, 2.45) is 0 Å². The molecule has 1 atom stereocenters. The molecule has 0 fully saturated rings. The monoisotopic (exact) mass is 276 g/mol. The summed E-state index contributed by atoms with van der Waals surface area (Å²) in [7, 11) is 0. The summed E-state index contributed by atoms with van der Waals surface area (Å²) < 4.78 is 5.51. The summed E-state index contributed by atoms with van der Waals surface area (Å²) in [6.07, 6.45) is 1.76. The molecule has 1 unspecified atom stereocenters. The van der Waals surface area contributed by atoms with Crippen molar-refractivity contribution in [3.05, 3.63) is 41.6 Å². The van der Waals surface area contributed by atoms with Gasteiger partial charge in [0.2, 0.25) is 0 Å². The van der Waals surface area contributed by atoms with Crippen LogP contribution in [0.1, 0.15) is 25.8 Å². The second kappa shape index (κ2) is 6.43. The Balaban J connectivity index is 2.01. The third-order valence-electron chi connectivity index (χ3n) is 3.06. The van der Waals surface area contributed by atoms with Crippen LogP contribution in [-0.4, -0.2) is 28.9 Å². The number of urea groups is 1. The smallest absolute Gasteiger partial charge is 0.323 e. The Hall–Kier alpha value is -2.01.